The molecule has 0 bridgehead atoms. The summed E-state index contributed by atoms with van der Waals surface area (Å²) in [4.78, 5) is 37.6. The van der Waals surface area contributed by atoms with Gasteiger partial charge in [0.1, 0.15) is 18.6 Å². The van der Waals surface area contributed by atoms with E-state index in [2.05, 4.69) is 9.98 Å². The van der Waals surface area contributed by atoms with Gasteiger partial charge in [-0.1, -0.05) is 24.4 Å². The fourth-order valence-corrected chi connectivity index (χ4v) is 12.7. The molecular formula is C26H12F4N4O4S8. The molecule has 236 valence electrons. The van der Waals surface area contributed by atoms with E-state index in [0.29, 0.717) is 31.5 Å². The summed E-state index contributed by atoms with van der Waals surface area (Å²) in [5.41, 5.74) is -0.873. The summed E-state index contributed by atoms with van der Waals surface area (Å²) in [5.74, 6) is -1.10. The third kappa shape index (κ3) is 4.47. The molecule has 20 heteroatoms. The van der Waals surface area contributed by atoms with Gasteiger partial charge in [0.2, 0.25) is 0 Å². The average Bonchev–Trinajstić information content (AvgIpc) is 3.81. The Labute approximate surface area is 291 Å². The molecule has 4 aliphatic rings. The zero-order chi connectivity index (χ0) is 32.4. The van der Waals surface area contributed by atoms with Crippen molar-refractivity contribution in [3.05, 3.63) is 23.3 Å². The van der Waals surface area contributed by atoms with E-state index in [4.69, 9.17) is 33.9 Å². The zero-order valence-electron chi connectivity index (χ0n) is 22.8. The molecule has 0 saturated carbocycles. The zero-order valence-corrected chi connectivity index (χ0v) is 29.3. The van der Waals surface area contributed by atoms with Crippen molar-refractivity contribution < 1.29 is 36.6 Å². The fraction of sp³-hybridized carbons (Fsp3) is 0.231. The van der Waals surface area contributed by atoms with Crippen LogP contribution in [-0.2, 0) is 21.8 Å². The van der Waals surface area contributed by atoms with Crippen LogP contribution in [0, 0.1) is 0 Å². The summed E-state index contributed by atoms with van der Waals surface area (Å²) in [6.45, 7) is 4.23. The highest BCUT2D eigenvalue weighted by molar-refractivity contribution is 8.35. The van der Waals surface area contributed by atoms with Gasteiger partial charge >= 0.3 is 12.2 Å². The molecule has 0 aliphatic carbocycles. The summed E-state index contributed by atoms with van der Waals surface area (Å²) in [7, 11) is 0. The maximum absolute atomic E-state index is 15.5. The second-order valence-corrected chi connectivity index (χ2v) is 17.1. The van der Waals surface area contributed by atoms with E-state index in [0.717, 1.165) is 81.0 Å². The number of alkyl halides is 4. The first kappa shape index (κ1) is 30.8. The van der Waals surface area contributed by atoms with Gasteiger partial charge in [0.25, 0.3) is 11.8 Å². The number of ether oxygens (including phenoxy) is 2. The number of carbonyl (C=O) groups excluding carboxylic acids is 2. The number of hydrogen-bond donors (Lipinski definition) is 0. The number of fused-ring (bicyclic) bond motifs is 9. The van der Waals surface area contributed by atoms with Crippen molar-refractivity contribution in [2.24, 2.45) is 9.98 Å². The number of halogens is 4. The molecule has 46 heavy (non-hydrogen) atoms. The number of carbonyl (C=O) groups is 2. The topological polar surface area (TPSA) is 83.8 Å². The molecule has 8 rings (SSSR count). The molecule has 4 aliphatic heterocycles. The van der Waals surface area contributed by atoms with E-state index in [9.17, 15) is 9.59 Å². The van der Waals surface area contributed by atoms with Gasteiger partial charge in [-0.15, -0.1) is 45.3 Å². The van der Waals surface area contributed by atoms with Gasteiger partial charge in [-0.3, -0.25) is 19.4 Å². The highest BCUT2D eigenvalue weighted by Gasteiger charge is 2.50. The molecule has 2 fully saturated rings. The Morgan fingerprint density at radius 3 is 1.43 bits per heavy atom. The lowest BCUT2D eigenvalue weighted by Gasteiger charge is -2.23. The number of nitrogens with zero attached hydrogens (tertiary/aromatic N) is 4. The SMILES string of the molecule is CCN1C(=O)/C(=N/c2cc3c(s2)-c2sc4c5c(sc4c2OC3(F)F)-c2sc(/N=C3\SC(=S)N(CC)C3=O)cc2C(F)(F)O5)SC1=S. The Bertz CT molecular complexity index is 2010. The minimum Gasteiger partial charge on any atom is -0.426 e. The summed E-state index contributed by atoms with van der Waals surface area (Å²) >= 11 is 16.3. The number of thioether (sulfide) groups is 2. The Kier molecular flexibility index (Phi) is 7.05. The lowest BCUT2D eigenvalue weighted by molar-refractivity contribution is -0.186. The first-order valence-corrected chi connectivity index (χ1v) is 18.8. The van der Waals surface area contributed by atoms with E-state index >= 15 is 17.6 Å². The molecule has 0 radical (unpaired) electrons. The van der Waals surface area contributed by atoms with Crippen LogP contribution in [0.25, 0.3) is 28.9 Å². The molecule has 2 amide bonds. The summed E-state index contributed by atoms with van der Waals surface area (Å²) in [6, 6.07) is 2.33. The van der Waals surface area contributed by atoms with Crippen LogP contribution in [-0.4, -0.2) is 53.4 Å². The number of hydrogen-bond acceptors (Lipinski definition) is 14. The quantitative estimate of drug-likeness (QED) is 0.150. The Morgan fingerprint density at radius 1 is 0.696 bits per heavy atom. The van der Waals surface area contributed by atoms with Crippen LogP contribution in [0.2, 0.25) is 0 Å². The molecule has 0 unspecified atom stereocenters. The third-order valence-corrected chi connectivity index (χ3v) is 14.6. The van der Waals surface area contributed by atoms with Gasteiger partial charge in [-0.05, 0) is 49.5 Å². The monoisotopic (exact) mass is 776 g/mol. The van der Waals surface area contributed by atoms with Crippen LogP contribution in [0.5, 0.6) is 11.5 Å². The fourth-order valence-electron chi connectivity index (χ4n) is 5.03. The maximum Gasteiger partial charge on any atom is 0.428 e. The van der Waals surface area contributed by atoms with E-state index in [1.165, 1.54) is 9.80 Å². The second kappa shape index (κ2) is 10.5. The van der Waals surface area contributed by atoms with E-state index in [-0.39, 0.29) is 50.7 Å². The van der Waals surface area contributed by atoms with Crippen molar-refractivity contribution in [2.75, 3.05) is 13.1 Å². The van der Waals surface area contributed by atoms with E-state index < -0.39 is 35.2 Å². The highest BCUT2D eigenvalue weighted by Crippen LogP contribution is 2.65. The lowest BCUT2D eigenvalue weighted by atomic mass is 10.1. The van der Waals surface area contributed by atoms with E-state index in [1.807, 2.05) is 0 Å². The minimum absolute atomic E-state index is 0.0734. The second-order valence-electron chi connectivity index (χ2n) is 9.74. The number of thiophene rings is 4. The summed E-state index contributed by atoms with van der Waals surface area (Å²) in [5, 5.41) is 0.449. The average molecular weight is 777 g/mol. The number of thiocarbonyl (C=S) groups is 2. The van der Waals surface area contributed by atoms with Crippen LogP contribution in [0.1, 0.15) is 25.0 Å². The molecule has 2 saturated heterocycles. The van der Waals surface area contributed by atoms with Gasteiger partial charge < -0.3 is 9.47 Å². The van der Waals surface area contributed by atoms with Crippen molar-refractivity contribution in [1.29, 1.82) is 0 Å². The largest absolute Gasteiger partial charge is 0.428 e. The Hall–Kier alpha value is -2.46. The molecule has 4 aromatic rings. The van der Waals surface area contributed by atoms with E-state index in [1.54, 1.807) is 13.8 Å². The van der Waals surface area contributed by atoms with Crippen molar-refractivity contribution in [1.82, 2.24) is 9.80 Å². The van der Waals surface area contributed by atoms with Crippen molar-refractivity contribution in [3.63, 3.8) is 0 Å². The van der Waals surface area contributed by atoms with Gasteiger partial charge in [-0.25, -0.2) is 9.98 Å². The lowest BCUT2D eigenvalue weighted by Crippen LogP contribution is -2.29. The molecule has 0 spiro atoms. The van der Waals surface area contributed by atoms with Crippen molar-refractivity contribution >= 4 is 143 Å². The number of rotatable bonds is 4. The first-order chi connectivity index (χ1) is 21.8. The maximum atomic E-state index is 15.5. The first-order valence-electron chi connectivity index (χ1n) is 13.1. The molecule has 4 aromatic heterocycles. The van der Waals surface area contributed by atoms with Gasteiger partial charge in [0.05, 0.1) is 40.0 Å². The molecule has 0 aromatic carbocycles. The van der Waals surface area contributed by atoms with Crippen LogP contribution >= 0.6 is 93.3 Å². The number of aliphatic imine (C=N–C) groups is 2. The highest BCUT2D eigenvalue weighted by atomic mass is 32.2. The third-order valence-electron chi connectivity index (χ3n) is 7.10. The molecule has 8 nitrogen and oxygen atoms in total. The smallest absolute Gasteiger partial charge is 0.426 e. The van der Waals surface area contributed by atoms with Crippen LogP contribution < -0.4 is 9.47 Å². The predicted octanol–water partition coefficient (Wildman–Crippen LogP) is 9.12. The van der Waals surface area contributed by atoms with Gasteiger partial charge in [-0.2, -0.15) is 17.6 Å². The van der Waals surface area contributed by atoms with Gasteiger partial charge in [0.15, 0.2) is 21.6 Å². The van der Waals surface area contributed by atoms with Crippen LogP contribution in [0.3, 0.4) is 0 Å². The van der Waals surface area contributed by atoms with Gasteiger partial charge in [0, 0.05) is 13.1 Å². The van der Waals surface area contributed by atoms with Crippen LogP contribution in [0.4, 0.5) is 27.6 Å². The van der Waals surface area contributed by atoms with Crippen LogP contribution in [0.15, 0.2) is 22.1 Å². The summed E-state index contributed by atoms with van der Waals surface area (Å²) < 4.78 is 73.4. The molecule has 0 atom stereocenters. The summed E-state index contributed by atoms with van der Waals surface area (Å²) in [6.07, 6.45) is -7.51. The van der Waals surface area contributed by atoms with Crippen molar-refractivity contribution in [2.45, 2.75) is 26.1 Å². The normalized spacial score (nSPS) is 21.3. The standard InChI is InChI=1S/C26H12F4N4O4S8/c1-3-33-21(35)19(45-23(33)39)31-9-5-7-13(41-9)15-11(37-25(7,27)28)17-18(43-15)12-16(44-17)14-8(26(29,30)38-12)6-10(42-14)32-20-22(36)34(4-2)24(40)46-20/h5-6H,3-4H2,1-2H3/b31-19-,32-20-. The Morgan fingerprint density at radius 2 is 1.09 bits per heavy atom. The van der Waals surface area contributed by atoms with Crippen molar-refractivity contribution in [3.8, 4) is 31.0 Å². The predicted molar refractivity (Wildman–Crippen MR) is 185 cm³/mol. The minimum atomic E-state index is -3.76. The molecule has 0 N–H and O–H groups in total. The molecule has 8 heterocycles. The number of amides is 2. The Balaban J connectivity index is 1.21. The molecular weight excluding hydrogens is 765 g/mol.